The first-order valence-electron chi connectivity index (χ1n) is 4.24. The summed E-state index contributed by atoms with van der Waals surface area (Å²) in [5.41, 5.74) is 0.504. The molecule has 0 spiro atoms. The fourth-order valence-corrected chi connectivity index (χ4v) is 1.50. The molecule has 0 radical (unpaired) electrons. The Morgan fingerprint density at radius 2 is 1.80 bits per heavy atom. The monoisotopic (exact) mass is 225 g/mol. The minimum atomic E-state index is -0.544. The van der Waals surface area contributed by atoms with Crippen LogP contribution in [-0.2, 0) is 0 Å². The maximum absolute atomic E-state index is 13.4. The molecule has 0 saturated carbocycles. The highest BCUT2D eigenvalue weighted by Crippen LogP contribution is 2.28. The Balaban J connectivity index is 2.64. The van der Waals surface area contributed by atoms with E-state index < -0.39 is 11.6 Å². The Bertz CT molecular complexity index is 500. The van der Waals surface area contributed by atoms with Gasteiger partial charge in [0.1, 0.15) is 16.8 Å². The third-order valence-corrected chi connectivity index (χ3v) is 2.27. The van der Waals surface area contributed by atoms with Gasteiger partial charge in [0.15, 0.2) is 0 Å². The van der Waals surface area contributed by atoms with E-state index in [4.69, 9.17) is 11.6 Å². The standard InChI is InChI=1S/C11H6ClF2N/c12-11-9(5-7(13)6-15-11)8-3-1-2-4-10(8)14/h1-6H. The Morgan fingerprint density at radius 3 is 2.53 bits per heavy atom. The van der Waals surface area contributed by atoms with Gasteiger partial charge in [-0.1, -0.05) is 29.8 Å². The number of hydrogen-bond acceptors (Lipinski definition) is 1. The van der Waals surface area contributed by atoms with E-state index in [1.54, 1.807) is 12.1 Å². The largest absolute Gasteiger partial charge is 0.241 e. The fourth-order valence-electron chi connectivity index (χ4n) is 1.29. The lowest BCUT2D eigenvalue weighted by Gasteiger charge is -2.04. The highest BCUT2D eigenvalue weighted by Gasteiger charge is 2.09. The molecule has 0 N–H and O–H groups in total. The maximum atomic E-state index is 13.4. The molecule has 0 amide bonds. The van der Waals surface area contributed by atoms with Crippen LogP contribution >= 0.6 is 11.6 Å². The number of halogens is 3. The first-order valence-corrected chi connectivity index (χ1v) is 4.62. The van der Waals surface area contributed by atoms with Crippen LogP contribution in [0.5, 0.6) is 0 Å². The highest BCUT2D eigenvalue weighted by molar-refractivity contribution is 6.32. The second-order valence-electron chi connectivity index (χ2n) is 2.97. The molecule has 0 aliphatic carbocycles. The SMILES string of the molecule is Fc1cnc(Cl)c(-c2ccccc2F)c1. The van der Waals surface area contributed by atoms with Crippen LogP contribution in [0.4, 0.5) is 8.78 Å². The zero-order chi connectivity index (χ0) is 10.8. The molecule has 0 aliphatic heterocycles. The van der Waals surface area contributed by atoms with Gasteiger partial charge in [0.05, 0.1) is 6.20 Å². The summed E-state index contributed by atoms with van der Waals surface area (Å²) in [6.07, 6.45) is 0.993. The van der Waals surface area contributed by atoms with Gasteiger partial charge in [-0.15, -0.1) is 0 Å². The van der Waals surface area contributed by atoms with Gasteiger partial charge in [-0.25, -0.2) is 13.8 Å². The summed E-state index contributed by atoms with van der Waals surface area (Å²) in [6, 6.07) is 7.18. The van der Waals surface area contributed by atoms with Crippen LogP contribution in [0.2, 0.25) is 5.15 Å². The van der Waals surface area contributed by atoms with Crippen molar-refractivity contribution in [3.63, 3.8) is 0 Å². The normalized spacial score (nSPS) is 10.3. The topological polar surface area (TPSA) is 12.9 Å². The van der Waals surface area contributed by atoms with E-state index in [0.717, 1.165) is 12.3 Å². The van der Waals surface area contributed by atoms with Crippen LogP contribution in [-0.4, -0.2) is 4.98 Å². The first-order chi connectivity index (χ1) is 7.18. The van der Waals surface area contributed by atoms with Crippen molar-refractivity contribution in [2.75, 3.05) is 0 Å². The Labute approximate surface area is 90.3 Å². The molecular formula is C11H6ClF2N. The molecular weight excluding hydrogens is 220 g/mol. The van der Waals surface area contributed by atoms with E-state index >= 15 is 0 Å². The van der Waals surface area contributed by atoms with E-state index in [9.17, 15) is 8.78 Å². The van der Waals surface area contributed by atoms with Gasteiger partial charge in [0, 0.05) is 11.1 Å². The van der Waals surface area contributed by atoms with Crippen molar-refractivity contribution in [3.8, 4) is 11.1 Å². The maximum Gasteiger partial charge on any atom is 0.142 e. The summed E-state index contributed by atoms with van der Waals surface area (Å²) in [4.78, 5) is 3.62. The molecule has 15 heavy (non-hydrogen) atoms. The molecule has 0 bridgehead atoms. The average molecular weight is 226 g/mol. The van der Waals surface area contributed by atoms with Gasteiger partial charge in [-0.3, -0.25) is 0 Å². The van der Waals surface area contributed by atoms with Crippen LogP contribution in [0.25, 0.3) is 11.1 Å². The molecule has 76 valence electrons. The van der Waals surface area contributed by atoms with E-state index in [1.165, 1.54) is 12.1 Å². The van der Waals surface area contributed by atoms with Crippen molar-refractivity contribution in [3.05, 3.63) is 53.3 Å². The summed E-state index contributed by atoms with van der Waals surface area (Å²) in [5.74, 6) is -0.996. The second kappa shape index (κ2) is 3.95. The van der Waals surface area contributed by atoms with E-state index in [0.29, 0.717) is 0 Å². The van der Waals surface area contributed by atoms with Crippen LogP contribution in [0, 0.1) is 11.6 Å². The number of aromatic nitrogens is 1. The summed E-state index contributed by atoms with van der Waals surface area (Å²) < 4.78 is 26.3. The Kier molecular flexibility index (Phi) is 2.64. The van der Waals surface area contributed by atoms with Crippen molar-refractivity contribution in [2.24, 2.45) is 0 Å². The number of benzene rings is 1. The lowest BCUT2D eigenvalue weighted by molar-refractivity contribution is 0.619. The number of rotatable bonds is 1. The van der Waals surface area contributed by atoms with E-state index in [1.807, 2.05) is 0 Å². The van der Waals surface area contributed by atoms with E-state index in [-0.39, 0.29) is 16.3 Å². The summed E-state index contributed by atoms with van der Waals surface area (Å²) in [5, 5.41) is 0.0847. The third kappa shape index (κ3) is 1.97. The molecule has 0 fully saturated rings. The van der Waals surface area contributed by atoms with Crippen LogP contribution < -0.4 is 0 Å². The quantitative estimate of drug-likeness (QED) is 0.675. The number of nitrogens with zero attached hydrogens (tertiary/aromatic N) is 1. The molecule has 2 aromatic rings. The molecule has 1 heterocycles. The molecule has 1 aromatic heterocycles. The highest BCUT2D eigenvalue weighted by atomic mass is 35.5. The van der Waals surface area contributed by atoms with Gasteiger partial charge in [0.25, 0.3) is 0 Å². The molecule has 0 aliphatic rings. The van der Waals surface area contributed by atoms with Crippen molar-refractivity contribution in [1.82, 2.24) is 4.98 Å². The van der Waals surface area contributed by atoms with Crippen molar-refractivity contribution in [2.45, 2.75) is 0 Å². The van der Waals surface area contributed by atoms with Crippen molar-refractivity contribution < 1.29 is 8.78 Å². The van der Waals surface area contributed by atoms with Gasteiger partial charge in [0.2, 0.25) is 0 Å². The molecule has 1 nitrogen and oxygen atoms in total. The molecule has 0 atom stereocenters. The minimum Gasteiger partial charge on any atom is -0.241 e. The molecule has 4 heteroatoms. The molecule has 0 unspecified atom stereocenters. The predicted molar refractivity (Wildman–Crippen MR) is 54.6 cm³/mol. The van der Waals surface area contributed by atoms with Gasteiger partial charge >= 0.3 is 0 Å². The summed E-state index contributed by atoms with van der Waals surface area (Å²) >= 11 is 5.76. The van der Waals surface area contributed by atoms with Gasteiger partial charge < -0.3 is 0 Å². The minimum absolute atomic E-state index is 0.0847. The lowest BCUT2D eigenvalue weighted by atomic mass is 10.1. The summed E-state index contributed by atoms with van der Waals surface area (Å²) in [6.45, 7) is 0. The number of pyridine rings is 1. The Morgan fingerprint density at radius 1 is 1.07 bits per heavy atom. The van der Waals surface area contributed by atoms with Crippen molar-refractivity contribution in [1.29, 1.82) is 0 Å². The lowest BCUT2D eigenvalue weighted by Crippen LogP contribution is -1.89. The molecule has 1 aromatic carbocycles. The second-order valence-corrected chi connectivity index (χ2v) is 3.33. The zero-order valence-corrected chi connectivity index (χ0v) is 8.30. The van der Waals surface area contributed by atoms with Crippen LogP contribution in [0.3, 0.4) is 0 Å². The zero-order valence-electron chi connectivity index (χ0n) is 7.55. The molecule has 2 rings (SSSR count). The van der Waals surface area contributed by atoms with Gasteiger partial charge in [-0.05, 0) is 12.1 Å². The van der Waals surface area contributed by atoms with Crippen LogP contribution in [0.1, 0.15) is 0 Å². The van der Waals surface area contributed by atoms with Gasteiger partial charge in [-0.2, -0.15) is 0 Å². The predicted octanol–water partition coefficient (Wildman–Crippen LogP) is 3.68. The fraction of sp³-hybridized carbons (Fsp3) is 0. The smallest absolute Gasteiger partial charge is 0.142 e. The van der Waals surface area contributed by atoms with E-state index in [2.05, 4.69) is 4.98 Å². The Hall–Kier alpha value is -1.48. The number of hydrogen-bond donors (Lipinski definition) is 0. The summed E-state index contributed by atoms with van der Waals surface area (Å²) in [7, 11) is 0. The average Bonchev–Trinajstić information content (AvgIpc) is 2.23. The van der Waals surface area contributed by atoms with Crippen LogP contribution in [0.15, 0.2) is 36.5 Å². The first kappa shape index (κ1) is 10.1. The third-order valence-electron chi connectivity index (χ3n) is 1.97. The van der Waals surface area contributed by atoms with Crippen molar-refractivity contribution >= 4 is 11.6 Å². The molecule has 0 saturated heterocycles.